The number of fused-ring (bicyclic) bond motifs is 1. The molecule has 1 saturated heterocycles. The first kappa shape index (κ1) is 11.2. The summed E-state index contributed by atoms with van der Waals surface area (Å²) in [5.41, 5.74) is 3.12. The lowest BCUT2D eigenvalue weighted by Crippen LogP contribution is -2.39. The van der Waals surface area contributed by atoms with Crippen LogP contribution in [0.4, 0.5) is 0 Å². The van der Waals surface area contributed by atoms with Gasteiger partial charge in [-0.3, -0.25) is 4.90 Å². The third-order valence-electron chi connectivity index (χ3n) is 4.22. The third kappa shape index (κ3) is 2.53. The van der Waals surface area contributed by atoms with E-state index in [9.17, 15) is 0 Å². The average Bonchev–Trinajstić information content (AvgIpc) is 2.67. The fourth-order valence-electron chi connectivity index (χ4n) is 3.20. The molecule has 0 bridgehead atoms. The molecule has 1 aromatic rings. The zero-order valence-corrected chi connectivity index (χ0v) is 10.5. The van der Waals surface area contributed by atoms with E-state index in [4.69, 9.17) is 0 Å². The Kier molecular flexibility index (Phi) is 3.44. The quantitative estimate of drug-likeness (QED) is 0.795. The van der Waals surface area contributed by atoms with Crippen molar-refractivity contribution in [2.45, 2.75) is 38.3 Å². The lowest BCUT2D eigenvalue weighted by molar-refractivity contribution is 0.165. The minimum atomic E-state index is 0.804. The van der Waals surface area contributed by atoms with E-state index in [1.807, 2.05) is 0 Å². The lowest BCUT2D eigenvalue weighted by atomic mass is 9.97. The molecule has 1 N–H and O–H groups in total. The molecule has 1 fully saturated rings. The van der Waals surface area contributed by atoms with Crippen molar-refractivity contribution in [3.05, 3.63) is 35.4 Å². The Hall–Kier alpha value is -0.860. The van der Waals surface area contributed by atoms with E-state index in [-0.39, 0.29) is 0 Å². The average molecular weight is 230 g/mol. The maximum Gasteiger partial charge on any atom is 0.0239 e. The number of rotatable bonds is 1. The second-order valence-electron chi connectivity index (χ2n) is 5.32. The van der Waals surface area contributed by atoms with Crippen LogP contribution in [0.15, 0.2) is 24.3 Å². The van der Waals surface area contributed by atoms with E-state index in [0.717, 1.165) is 6.04 Å². The van der Waals surface area contributed by atoms with Crippen molar-refractivity contribution in [3.8, 4) is 0 Å². The summed E-state index contributed by atoms with van der Waals surface area (Å²) < 4.78 is 0. The van der Waals surface area contributed by atoms with Gasteiger partial charge in [0.15, 0.2) is 0 Å². The largest absolute Gasteiger partial charge is 0.317 e. The Balaban J connectivity index is 1.70. The van der Waals surface area contributed by atoms with Crippen molar-refractivity contribution in [1.82, 2.24) is 10.2 Å². The predicted molar refractivity (Wildman–Crippen MR) is 71.1 cm³/mol. The highest BCUT2D eigenvalue weighted by Gasteiger charge is 2.23. The van der Waals surface area contributed by atoms with Gasteiger partial charge in [-0.05, 0) is 49.9 Å². The highest BCUT2D eigenvalue weighted by atomic mass is 15.2. The molecule has 0 radical (unpaired) electrons. The van der Waals surface area contributed by atoms with Gasteiger partial charge in [0.05, 0.1) is 0 Å². The van der Waals surface area contributed by atoms with Gasteiger partial charge >= 0.3 is 0 Å². The smallest absolute Gasteiger partial charge is 0.0239 e. The van der Waals surface area contributed by atoms with Crippen LogP contribution in [-0.2, 0) is 13.0 Å². The standard InChI is InChI=1S/C15H22N2/c1-2-5-14-12-17(11-8-13(14)4-1)15-6-3-9-16-10-7-15/h1-2,4-5,15-16H,3,6-12H2. The molecular formula is C15H22N2. The maximum atomic E-state index is 3.51. The van der Waals surface area contributed by atoms with Crippen LogP contribution in [0.5, 0.6) is 0 Å². The minimum absolute atomic E-state index is 0.804. The van der Waals surface area contributed by atoms with Crippen molar-refractivity contribution in [1.29, 1.82) is 0 Å². The van der Waals surface area contributed by atoms with Gasteiger partial charge in [0.25, 0.3) is 0 Å². The zero-order valence-electron chi connectivity index (χ0n) is 10.5. The van der Waals surface area contributed by atoms with Crippen molar-refractivity contribution >= 4 is 0 Å². The summed E-state index contributed by atoms with van der Waals surface area (Å²) in [5, 5.41) is 3.51. The maximum absolute atomic E-state index is 3.51. The molecule has 0 saturated carbocycles. The molecule has 17 heavy (non-hydrogen) atoms. The summed E-state index contributed by atoms with van der Waals surface area (Å²) in [6.45, 7) is 4.83. The molecule has 92 valence electrons. The first-order chi connectivity index (χ1) is 8.43. The summed E-state index contributed by atoms with van der Waals surface area (Å²) in [5.74, 6) is 0. The molecule has 2 heteroatoms. The van der Waals surface area contributed by atoms with Crippen LogP contribution in [0, 0.1) is 0 Å². The molecule has 1 unspecified atom stereocenters. The van der Waals surface area contributed by atoms with Gasteiger partial charge in [-0.15, -0.1) is 0 Å². The van der Waals surface area contributed by atoms with Gasteiger partial charge in [-0.25, -0.2) is 0 Å². The van der Waals surface area contributed by atoms with Crippen LogP contribution in [0.2, 0.25) is 0 Å². The van der Waals surface area contributed by atoms with Gasteiger partial charge in [-0.1, -0.05) is 24.3 Å². The monoisotopic (exact) mass is 230 g/mol. The SMILES string of the molecule is c1ccc2c(c1)CCN(C1CCCNCC1)C2. The van der Waals surface area contributed by atoms with Crippen LogP contribution in [0.3, 0.4) is 0 Å². The highest BCUT2D eigenvalue weighted by Crippen LogP contribution is 2.23. The Morgan fingerprint density at radius 2 is 1.94 bits per heavy atom. The molecule has 2 aliphatic heterocycles. The molecule has 2 nitrogen and oxygen atoms in total. The van der Waals surface area contributed by atoms with Gasteiger partial charge in [0.2, 0.25) is 0 Å². The van der Waals surface area contributed by atoms with Crippen LogP contribution < -0.4 is 5.32 Å². The topological polar surface area (TPSA) is 15.3 Å². The predicted octanol–water partition coefficient (Wildman–Crippen LogP) is 2.19. The normalized spacial score (nSPS) is 26.2. The van der Waals surface area contributed by atoms with Crippen molar-refractivity contribution < 1.29 is 0 Å². The fraction of sp³-hybridized carbons (Fsp3) is 0.600. The number of nitrogens with one attached hydrogen (secondary N) is 1. The molecule has 2 heterocycles. The Morgan fingerprint density at radius 1 is 1.06 bits per heavy atom. The van der Waals surface area contributed by atoms with Crippen molar-refractivity contribution in [3.63, 3.8) is 0 Å². The first-order valence-corrected chi connectivity index (χ1v) is 6.95. The van der Waals surface area contributed by atoms with Gasteiger partial charge < -0.3 is 5.32 Å². The van der Waals surface area contributed by atoms with Gasteiger partial charge in [-0.2, -0.15) is 0 Å². The first-order valence-electron chi connectivity index (χ1n) is 6.95. The molecule has 2 aliphatic rings. The Morgan fingerprint density at radius 3 is 2.88 bits per heavy atom. The molecule has 0 amide bonds. The second kappa shape index (κ2) is 5.19. The molecule has 0 spiro atoms. The lowest BCUT2D eigenvalue weighted by Gasteiger charge is -2.35. The van der Waals surface area contributed by atoms with E-state index in [2.05, 4.69) is 34.5 Å². The third-order valence-corrected chi connectivity index (χ3v) is 4.22. The molecular weight excluding hydrogens is 208 g/mol. The number of hydrogen-bond acceptors (Lipinski definition) is 2. The van der Waals surface area contributed by atoms with E-state index in [1.54, 1.807) is 11.1 Å². The fourth-order valence-corrected chi connectivity index (χ4v) is 3.20. The van der Waals surface area contributed by atoms with Crippen LogP contribution in [-0.4, -0.2) is 30.6 Å². The van der Waals surface area contributed by atoms with Gasteiger partial charge in [0.1, 0.15) is 0 Å². The molecule has 0 aromatic heterocycles. The molecule has 3 rings (SSSR count). The zero-order chi connectivity index (χ0) is 11.5. The van der Waals surface area contributed by atoms with Crippen LogP contribution >= 0.6 is 0 Å². The number of hydrogen-bond donors (Lipinski definition) is 1. The molecule has 0 aliphatic carbocycles. The second-order valence-corrected chi connectivity index (χ2v) is 5.32. The van der Waals surface area contributed by atoms with E-state index in [0.29, 0.717) is 0 Å². The molecule has 1 aromatic carbocycles. The van der Waals surface area contributed by atoms with Crippen LogP contribution in [0.1, 0.15) is 30.4 Å². The van der Waals surface area contributed by atoms with E-state index >= 15 is 0 Å². The number of nitrogens with zero attached hydrogens (tertiary/aromatic N) is 1. The van der Waals surface area contributed by atoms with E-state index in [1.165, 1.54) is 51.9 Å². The summed E-state index contributed by atoms with van der Waals surface area (Å²) in [4.78, 5) is 2.70. The summed E-state index contributed by atoms with van der Waals surface area (Å²) in [7, 11) is 0. The van der Waals surface area contributed by atoms with Gasteiger partial charge in [0, 0.05) is 19.1 Å². The number of benzene rings is 1. The summed E-state index contributed by atoms with van der Waals surface area (Å²) in [6.07, 6.45) is 5.26. The summed E-state index contributed by atoms with van der Waals surface area (Å²) in [6, 6.07) is 9.75. The molecule has 1 atom stereocenters. The summed E-state index contributed by atoms with van der Waals surface area (Å²) >= 11 is 0. The van der Waals surface area contributed by atoms with Crippen LogP contribution in [0.25, 0.3) is 0 Å². The van der Waals surface area contributed by atoms with E-state index < -0.39 is 0 Å². The Bertz CT molecular complexity index is 367. The van der Waals surface area contributed by atoms with Crippen molar-refractivity contribution in [2.24, 2.45) is 0 Å². The Labute approximate surface area is 104 Å². The highest BCUT2D eigenvalue weighted by molar-refractivity contribution is 5.29. The van der Waals surface area contributed by atoms with Crippen molar-refractivity contribution in [2.75, 3.05) is 19.6 Å². The minimum Gasteiger partial charge on any atom is -0.317 e.